The molecule has 0 unspecified atom stereocenters. The van der Waals surface area contributed by atoms with Crippen molar-refractivity contribution in [1.29, 1.82) is 0 Å². The van der Waals surface area contributed by atoms with Crippen LogP contribution in [0.3, 0.4) is 0 Å². The van der Waals surface area contributed by atoms with Crippen LogP contribution in [0.5, 0.6) is 0 Å². The Morgan fingerprint density at radius 1 is 0.607 bits per heavy atom. The van der Waals surface area contributed by atoms with Gasteiger partial charge < -0.3 is 0 Å². The first-order chi connectivity index (χ1) is 12.8. The van der Waals surface area contributed by atoms with Gasteiger partial charge in [-0.05, 0) is 0 Å². The van der Waals surface area contributed by atoms with Crippen molar-refractivity contribution in [2.75, 3.05) is 0 Å². The fourth-order valence-corrected chi connectivity index (χ4v) is 8.58. The molecule has 28 heavy (non-hydrogen) atoms. The van der Waals surface area contributed by atoms with Crippen LogP contribution in [0.15, 0.2) is 60.7 Å². The van der Waals surface area contributed by atoms with Crippen molar-refractivity contribution >= 4 is 23.2 Å². The fourth-order valence-electron chi connectivity index (χ4n) is 2.32. The first-order valence-corrected chi connectivity index (χ1v) is 12.2. The summed E-state index contributed by atoms with van der Waals surface area (Å²) in [5.41, 5.74) is 0.518. The molecule has 2 aromatic rings. The molecule has 0 aliphatic rings. The van der Waals surface area contributed by atoms with Gasteiger partial charge in [0.15, 0.2) is 0 Å². The van der Waals surface area contributed by atoms with Gasteiger partial charge >= 0.3 is 162 Å². The predicted molar refractivity (Wildman–Crippen MR) is 87.7 cm³/mol. The van der Waals surface area contributed by atoms with Crippen molar-refractivity contribution in [2.45, 2.75) is 32.9 Å². The average Bonchev–Trinajstić information content (AvgIpc) is 2.61. The third-order valence-corrected chi connectivity index (χ3v) is 10.5. The molecule has 0 aromatic heterocycles. The summed E-state index contributed by atoms with van der Waals surface area (Å²) in [7, 11) is 0. The van der Waals surface area contributed by atoms with E-state index in [0.29, 0.717) is 9.17 Å². The monoisotopic (exact) mass is 531 g/mol. The summed E-state index contributed by atoms with van der Waals surface area (Å²) in [6.07, 6.45) is -6.80. The molecule has 0 fully saturated rings. The van der Waals surface area contributed by atoms with Crippen molar-refractivity contribution in [2.24, 2.45) is 0 Å². The zero-order chi connectivity index (χ0) is 21.2. The van der Waals surface area contributed by atoms with Gasteiger partial charge in [-0.3, -0.25) is 0 Å². The van der Waals surface area contributed by atoms with Crippen molar-refractivity contribution < 1.29 is 39.5 Å². The standard InChI is InChI=1S/C18H14F9Te/c19-15(20,16(21,22)17(23,24)18(25,26)27)12-28(14-9-5-2-6-10-14)11-13-7-3-1-4-8-13/h1-10H,11-12H2. The quantitative estimate of drug-likeness (QED) is 0.322. The molecule has 0 heterocycles. The Hall–Kier alpha value is -1.40. The molecule has 2 rings (SSSR count). The van der Waals surface area contributed by atoms with Crippen LogP contribution in [0.1, 0.15) is 5.56 Å². The van der Waals surface area contributed by atoms with E-state index < -0.39 is 48.0 Å². The van der Waals surface area contributed by atoms with Crippen LogP contribution >= 0.6 is 0 Å². The summed E-state index contributed by atoms with van der Waals surface area (Å²) < 4.78 is 118. The molecule has 0 aliphatic heterocycles. The Balaban J connectivity index is 2.39. The van der Waals surface area contributed by atoms with Gasteiger partial charge in [-0.1, -0.05) is 0 Å². The molecule has 0 saturated carbocycles. The van der Waals surface area contributed by atoms with E-state index in [9.17, 15) is 39.5 Å². The molecule has 0 bridgehead atoms. The van der Waals surface area contributed by atoms with Gasteiger partial charge in [-0.25, -0.2) is 0 Å². The third-order valence-electron chi connectivity index (χ3n) is 3.83. The van der Waals surface area contributed by atoms with E-state index >= 15 is 0 Å². The van der Waals surface area contributed by atoms with Crippen molar-refractivity contribution in [3.05, 3.63) is 66.2 Å². The van der Waals surface area contributed by atoms with Gasteiger partial charge in [0.2, 0.25) is 0 Å². The first kappa shape index (κ1) is 22.9. The van der Waals surface area contributed by atoms with E-state index in [1.54, 1.807) is 36.4 Å². The number of rotatable bonds is 7. The molecule has 0 atom stereocenters. The van der Waals surface area contributed by atoms with Crippen LogP contribution in [0.4, 0.5) is 39.5 Å². The topological polar surface area (TPSA) is 0 Å². The summed E-state index contributed by atoms with van der Waals surface area (Å²) in [4.78, 5) is 0. The normalized spacial score (nSPS) is 13.8. The van der Waals surface area contributed by atoms with Gasteiger partial charge in [0, 0.05) is 0 Å². The van der Waals surface area contributed by atoms with E-state index in [1.165, 1.54) is 24.3 Å². The molecular weight excluding hydrogens is 515 g/mol. The van der Waals surface area contributed by atoms with Crippen LogP contribution in [0, 0.1) is 0 Å². The minimum absolute atomic E-state index is 0.0720. The molecule has 2 aromatic carbocycles. The zero-order valence-electron chi connectivity index (χ0n) is 14.0. The minimum atomic E-state index is -6.85. The number of hydrogen-bond donors (Lipinski definition) is 0. The van der Waals surface area contributed by atoms with Crippen molar-refractivity contribution in [3.63, 3.8) is 0 Å². The van der Waals surface area contributed by atoms with E-state index in [4.69, 9.17) is 0 Å². The zero-order valence-corrected chi connectivity index (χ0v) is 16.3. The molecule has 10 heteroatoms. The van der Waals surface area contributed by atoms with Crippen LogP contribution in [-0.2, 0) is 4.47 Å². The summed E-state index contributed by atoms with van der Waals surface area (Å²) in [6.45, 7) is 0. The van der Waals surface area contributed by atoms with Gasteiger partial charge in [0.05, 0.1) is 0 Å². The number of alkyl halides is 9. The van der Waals surface area contributed by atoms with E-state index in [1.807, 2.05) is 0 Å². The van der Waals surface area contributed by atoms with Crippen LogP contribution in [-0.4, -0.2) is 43.5 Å². The Morgan fingerprint density at radius 2 is 1.07 bits per heavy atom. The summed E-state index contributed by atoms with van der Waals surface area (Å²) in [5, 5.41) is 0. The average molecular weight is 529 g/mol. The first-order valence-electron chi connectivity index (χ1n) is 7.76. The molecule has 0 N–H and O–H groups in total. The van der Waals surface area contributed by atoms with Crippen LogP contribution < -0.4 is 3.61 Å². The predicted octanol–water partition coefficient (Wildman–Crippen LogP) is 5.64. The third kappa shape index (κ3) is 4.60. The summed E-state index contributed by atoms with van der Waals surface area (Å²) >= 11 is -3.48. The maximum atomic E-state index is 14.2. The Bertz CT molecular complexity index is 758. The van der Waals surface area contributed by atoms with Gasteiger partial charge in [-0.15, -0.1) is 0 Å². The molecular formula is C18H14F9Te. The molecule has 0 amide bonds. The molecule has 0 nitrogen and oxygen atoms in total. The number of benzene rings is 2. The van der Waals surface area contributed by atoms with E-state index in [0.717, 1.165) is 0 Å². The van der Waals surface area contributed by atoms with Crippen LogP contribution in [0.25, 0.3) is 0 Å². The van der Waals surface area contributed by atoms with Gasteiger partial charge in [0.1, 0.15) is 0 Å². The van der Waals surface area contributed by atoms with E-state index in [2.05, 4.69) is 0 Å². The second-order valence-electron chi connectivity index (χ2n) is 5.93. The SMILES string of the molecule is FC(F)(F)C(F)(F)C(F)(F)C(F)(F)C[Te](Cc1ccccc1)c1ccccc1. The molecule has 0 saturated heterocycles. The Morgan fingerprint density at radius 3 is 1.54 bits per heavy atom. The Kier molecular flexibility index (Phi) is 6.66. The molecule has 0 aliphatic carbocycles. The van der Waals surface area contributed by atoms with Crippen molar-refractivity contribution in [1.82, 2.24) is 0 Å². The van der Waals surface area contributed by atoms with Gasteiger partial charge in [0.25, 0.3) is 0 Å². The van der Waals surface area contributed by atoms with E-state index in [-0.39, 0.29) is 4.47 Å². The molecule has 1 radical (unpaired) electrons. The summed E-state index contributed by atoms with van der Waals surface area (Å²) in [6, 6.07) is 15.2. The van der Waals surface area contributed by atoms with Crippen molar-refractivity contribution in [3.8, 4) is 0 Å². The van der Waals surface area contributed by atoms with Gasteiger partial charge in [-0.2, -0.15) is 0 Å². The molecule has 155 valence electrons. The maximum absolute atomic E-state index is 14.2. The number of halogens is 9. The molecule has 0 spiro atoms. The second kappa shape index (κ2) is 8.15. The Labute approximate surface area is 162 Å². The van der Waals surface area contributed by atoms with Crippen LogP contribution in [0.2, 0.25) is 4.47 Å². The fraction of sp³-hybridized carbons (Fsp3) is 0.333. The second-order valence-corrected chi connectivity index (χ2v) is 11.7. The number of hydrogen-bond acceptors (Lipinski definition) is 0. The summed E-state index contributed by atoms with van der Waals surface area (Å²) in [5.74, 6) is -19.0.